The first kappa shape index (κ1) is 8.99. The molecule has 8 heavy (non-hydrogen) atoms. The summed E-state index contributed by atoms with van der Waals surface area (Å²) in [5.41, 5.74) is 0. The molecule has 0 aromatic rings. The smallest absolute Gasteiger partial charge is 0.0546 e. The molecule has 1 radical (unpaired) electrons. The molecule has 0 N–H and O–H groups in total. The van der Waals surface area contributed by atoms with Crippen molar-refractivity contribution in [2.75, 3.05) is 0 Å². The van der Waals surface area contributed by atoms with Gasteiger partial charge >= 0.3 is 0 Å². The normalized spacial score (nSPS) is 26.6. The van der Waals surface area contributed by atoms with Crippen molar-refractivity contribution in [2.24, 2.45) is 0 Å². The molecule has 1 heterocycles. The van der Waals surface area contributed by atoms with E-state index < -0.39 is 0 Å². The fourth-order valence-corrected chi connectivity index (χ4v) is 1.34. The van der Waals surface area contributed by atoms with Crippen LogP contribution in [0, 0.1) is 6.42 Å². The third-order valence-electron chi connectivity index (χ3n) is 0.934. The maximum absolute atomic E-state index is 10.4. The first-order valence-electron chi connectivity index (χ1n) is 2.33. The number of hydrogen-bond acceptors (Lipinski definition) is 2. The van der Waals surface area contributed by atoms with Gasteiger partial charge in [-0.05, 0) is 5.25 Å². The van der Waals surface area contributed by atoms with Crippen LogP contribution in [0.1, 0.15) is 13.3 Å². The molecule has 1 unspecified atom stereocenters. The maximum Gasteiger partial charge on any atom is 0.0546 e. The molecule has 3 heteroatoms. The average Bonchev–Trinajstić information content (AvgIpc) is 1.87. The SMILES string of the molecule is CC1C[CH-]C(=O)S1.[Y]. The van der Waals surface area contributed by atoms with Gasteiger partial charge < -0.3 is 11.2 Å². The topological polar surface area (TPSA) is 17.1 Å². The third-order valence-corrected chi connectivity index (χ3v) is 1.93. The van der Waals surface area contributed by atoms with Gasteiger partial charge in [0, 0.05) is 32.7 Å². The standard InChI is InChI=1S/C5H7OS.Y/c1-4-2-3-5(6)7-4;/h3-4H,2H2,1H3;/q-1;. The Morgan fingerprint density at radius 2 is 2.50 bits per heavy atom. The van der Waals surface area contributed by atoms with Gasteiger partial charge in [-0.2, -0.15) is 0 Å². The predicted octanol–water partition coefficient (Wildman–Crippen LogP) is 1.24. The molecule has 1 saturated heterocycles. The average molecular weight is 204 g/mol. The van der Waals surface area contributed by atoms with Crippen LogP contribution >= 0.6 is 11.8 Å². The molecule has 0 spiro atoms. The number of carbonyl (C=O) groups is 1. The first-order valence-corrected chi connectivity index (χ1v) is 3.21. The summed E-state index contributed by atoms with van der Waals surface area (Å²) in [7, 11) is 0. The molecule has 1 atom stereocenters. The number of carbonyl (C=O) groups excluding carboxylic acids is 1. The van der Waals surface area contributed by atoms with Gasteiger partial charge in [-0.3, -0.25) is 0 Å². The summed E-state index contributed by atoms with van der Waals surface area (Å²) < 4.78 is 0. The van der Waals surface area contributed by atoms with E-state index in [0.29, 0.717) is 5.25 Å². The van der Waals surface area contributed by atoms with Crippen LogP contribution in [-0.4, -0.2) is 10.4 Å². The van der Waals surface area contributed by atoms with Crippen molar-refractivity contribution in [1.82, 2.24) is 0 Å². The summed E-state index contributed by atoms with van der Waals surface area (Å²) in [5.74, 6) is 0. The Labute approximate surface area is 78.9 Å². The molecule has 1 fully saturated rings. The Hall–Kier alpha value is 0.994. The minimum Gasteiger partial charge on any atom is -0.322 e. The van der Waals surface area contributed by atoms with E-state index in [0.717, 1.165) is 6.42 Å². The Balaban J connectivity index is 0.000000490. The Bertz CT molecular complexity index is 94.4. The summed E-state index contributed by atoms with van der Waals surface area (Å²) in [5, 5.41) is 0.778. The molecule has 0 bridgehead atoms. The van der Waals surface area contributed by atoms with Crippen LogP contribution in [0.2, 0.25) is 0 Å². The molecular formula is C5H7OSY-. The molecule has 0 aliphatic carbocycles. The van der Waals surface area contributed by atoms with E-state index in [2.05, 4.69) is 6.92 Å². The van der Waals surface area contributed by atoms with Gasteiger partial charge in [-0.1, -0.05) is 6.92 Å². The monoisotopic (exact) mass is 204 g/mol. The molecule has 43 valence electrons. The number of hydrogen-bond donors (Lipinski definition) is 0. The van der Waals surface area contributed by atoms with Gasteiger partial charge in [0.15, 0.2) is 0 Å². The van der Waals surface area contributed by atoms with E-state index in [1.54, 1.807) is 6.42 Å². The quantitative estimate of drug-likeness (QED) is 0.552. The fraction of sp³-hybridized carbons (Fsp3) is 0.600. The van der Waals surface area contributed by atoms with Crippen LogP contribution in [0.15, 0.2) is 0 Å². The zero-order chi connectivity index (χ0) is 5.28. The summed E-state index contributed by atoms with van der Waals surface area (Å²) in [4.78, 5) is 10.4. The van der Waals surface area contributed by atoms with Crippen molar-refractivity contribution in [3.05, 3.63) is 6.42 Å². The minimum absolute atomic E-state index is 0. The molecule has 1 aliphatic rings. The summed E-state index contributed by atoms with van der Waals surface area (Å²) >= 11 is 1.43. The van der Waals surface area contributed by atoms with E-state index in [1.165, 1.54) is 11.8 Å². The second-order valence-electron chi connectivity index (χ2n) is 1.69. The second-order valence-corrected chi connectivity index (χ2v) is 3.13. The predicted molar refractivity (Wildman–Crippen MR) is 31.0 cm³/mol. The van der Waals surface area contributed by atoms with Crippen LogP contribution in [0.4, 0.5) is 0 Å². The van der Waals surface area contributed by atoms with E-state index >= 15 is 0 Å². The van der Waals surface area contributed by atoms with Crippen LogP contribution in [0.25, 0.3) is 0 Å². The van der Waals surface area contributed by atoms with Crippen molar-refractivity contribution in [3.8, 4) is 0 Å². The van der Waals surface area contributed by atoms with Gasteiger partial charge in [-0.25, -0.2) is 0 Å². The van der Waals surface area contributed by atoms with Crippen molar-refractivity contribution in [2.45, 2.75) is 18.6 Å². The maximum atomic E-state index is 10.4. The van der Waals surface area contributed by atoms with Crippen LogP contribution in [0.3, 0.4) is 0 Å². The van der Waals surface area contributed by atoms with Gasteiger partial charge in [0.25, 0.3) is 0 Å². The zero-order valence-electron chi connectivity index (χ0n) is 4.76. The Kier molecular flexibility index (Phi) is 4.40. The Morgan fingerprint density at radius 1 is 1.88 bits per heavy atom. The molecule has 0 aromatic heterocycles. The van der Waals surface area contributed by atoms with E-state index in [-0.39, 0.29) is 37.8 Å². The molecule has 1 nitrogen and oxygen atoms in total. The molecule has 0 aromatic carbocycles. The molecule has 1 aliphatic heterocycles. The van der Waals surface area contributed by atoms with Crippen molar-refractivity contribution >= 4 is 16.9 Å². The first-order chi connectivity index (χ1) is 3.29. The van der Waals surface area contributed by atoms with Gasteiger partial charge in [-0.15, -0.1) is 18.2 Å². The summed E-state index contributed by atoms with van der Waals surface area (Å²) in [6, 6.07) is 0. The summed E-state index contributed by atoms with van der Waals surface area (Å²) in [6.45, 7) is 2.06. The molecule has 0 saturated carbocycles. The van der Waals surface area contributed by atoms with E-state index in [9.17, 15) is 4.79 Å². The van der Waals surface area contributed by atoms with Crippen molar-refractivity contribution in [1.29, 1.82) is 0 Å². The van der Waals surface area contributed by atoms with Crippen LogP contribution in [0.5, 0.6) is 0 Å². The second kappa shape index (κ2) is 3.91. The van der Waals surface area contributed by atoms with Crippen LogP contribution in [-0.2, 0) is 37.5 Å². The largest absolute Gasteiger partial charge is 0.322 e. The minimum atomic E-state index is 0. The third kappa shape index (κ3) is 2.52. The van der Waals surface area contributed by atoms with Crippen molar-refractivity contribution < 1.29 is 37.5 Å². The molecule has 0 amide bonds. The fourth-order valence-electron chi connectivity index (χ4n) is 0.557. The Morgan fingerprint density at radius 3 is 2.62 bits per heavy atom. The molecule has 1 rings (SSSR count). The van der Waals surface area contributed by atoms with E-state index in [4.69, 9.17) is 0 Å². The van der Waals surface area contributed by atoms with Gasteiger partial charge in [0.2, 0.25) is 0 Å². The summed E-state index contributed by atoms with van der Waals surface area (Å²) in [6.07, 6.45) is 2.71. The number of thioether (sulfide) groups is 1. The molecular weight excluding hydrogens is 197 g/mol. The van der Waals surface area contributed by atoms with E-state index in [1.807, 2.05) is 0 Å². The number of rotatable bonds is 0. The van der Waals surface area contributed by atoms with Gasteiger partial charge in [0.1, 0.15) is 0 Å². The zero-order valence-corrected chi connectivity index (χ0v) is 8.41. The van der Waals surface area contributed by atoms with Crippen LogP contribution < -0.4 is 0 Å². The van der Waals surface area contributed by atoms with Gasteiger partial charge in [0.05, 0.1) is 5.12 Å². The van der Waals surface area contributed by atoms with Crippen molar-refractivity contribution in [3.63, 3.8) is 0 Å².